The molecule has 10 aliphatic heterocycles. The molecule has 0 amide bonds. The Morgan fingerprint density at radius 1 is 0.298 bits per heavy atom. The topological polar surface area (TPSA) is 156 Å². The summed E-state index contributed by atoms with van der Waals surface area (Å²) in [5.41, 5.74) is 69.1. The van der Waals surface area contributed by atoms with Gasteiger partial charge in [-0.15, -0.1) is 0 Å². The van der Waals surface area contributed by atoms with Gasteiger partial charge >= 0.3 is 0 Å². The predicted molar refractivity (Wildman–Crippen MR) is 494 cm³/mol. The number of aryl methyl sites for hydroxylation is 2. The highest BCUT2D eigenvalue weighted by Gasteiger charge is 2.42. The van der Waals surface area contributed by atoms with Gasteiger partial charge in [0.25, 0.3) is 0 Å². The van der Waals surface area contributed by atoms with Crippen molar-refractivity contribution >= 4 is 68.2 Å². The molecule has 121 heavy (non-hydrogen) atoms. The fraction of sp³-hybridized carbons (Fsp3) is 0.308. The maximum absolute atomic E-state index is 14.0. The average Bonchev–Trinajstić information content (AvgIpc) is 0.709. The molecule has 4 atom stereocenters. The van der Waals surface area contributed by atoms with Crippen LogP contribution < -0.4 is 67.9 Å². The van der Waals surface area contributed by atoms with Crippen molar-refractivity contribution < 1.29 is 17.6 Å². The third kappa shape index (κ3) is 14.8. The summed E-state index contributed by atoms with van der Waals surface area (Å²) in [6, 6.07) is 70.7. The number of benzene rings is 12. The quantitative estimate of drug-likeness (QED) is 0.0688. The molecule has 10 heterocycles. The second-order valence-electron chi connectivity index (χ2n) is 34.8. The Labute approximate surface area is 709 Å². The third-order valence-corrected chi connectivity index (χ3v) is 27.3. The van der Waals surface area contributed by atoms with E-state index in [4.69, 9.17) is 28.7 Å². The first kappa shape index (κ1) is 78.8. The standard InChI is InChI=1S/C32H39FN4.C32H34FN3.2C20H18FN3/c33-25-10-8-24(9-11-25)32-30-22-26(35-17-3-1-4-18-35)12-14-28(30)29-15-13-27(36-19-5-2-6-20-36)23-31(29)37(32)21-7-16-34;1-34-31(20-10-12-23(33)13-11-20)28-24-8-4-16-35-14-2-6-21(29(24)35)18-26(28)27-19-22-7-3-15-36-17-5-9-25(30(22)36)32(27)34;2*1-24-19-11-15(23)7-9-17(19)16-8-6-14(22)10-18(16)20(24)12-2-4-13(21)5-3-12/h8-15,22-23,32H,1-7,16-21,34H2;10-13,18-19,31H,2-9,14-17H2,1H3;2*2-11,20H,22-23H2,1H3/i2*33-1;21-1;1-1. The average molecular weight is 1610 g/mol. The van der Waals surface area contributed by atoms with Crippen LogP contribution in [0.25, 0.3) is 44.5 Å². The molecule has 22 rings (SSSR count). The molecule has 13 nitrogen and oxygen atoms in total. The van der Waals surface area contributed by atoms with Gasteiger partial charge in [-0.1, -0.05) is 84.9 Å². The summed E-state index contributed by atoms with van der Waals surface area (Å²) in [5, 5.41) is 0. The van der Waals surface area contributed by atoms with Crippen LogP contribution in [0.4, 0.5) is 85.8 Å². The SMILES string of the molecule is CN1c2c(cc3c4c2CCCN4CCC3)-c2cc3c4c(c2C1c1ccc([18F])cc1)CCCN4CCC3.CN1c2cc(N)ccc2-c2ccc(N)cc2C1c1ccc([18F])cc1.NCCCN1c2cc(N3CCCCC3)ccc2-c2ccc(N3CCCCC3)cc2C1c1ccc([18F])cc1.[11CH3]N1c2cc(N)ccc2-c2ccc(N)cc2C1c1ccc(F)cc1. The fourth-order valence-corrected chi connectivity index (χ4v) is 21.8. The molecule has 17 heteroatoms. The highest BCUT2D eigenvalue weighted by Crippen LogP contribution is 2.58. The summed E-state index contributed by atoms with van der Waals surface area (Å²) in [5.74, 6) is -0.831. The van der Waals surface area contributed by atoms with Crippen molar-refractivity contribution in [2.24, 2.45) is 5.73 Å². The van der Waals surface area contributed by atoms with Crippen LogP contribution in [0, 0.1) is 23.3 Å². The van der Waals surface area contributed by atoms with Gasteiger partial charge in [-0.25, -0.2) is 17.6 Å². The van der Waals surface area contributed by atoms with Gasteiger partial charge < -0.3 is 67.9 Å². The maximum Gasteiger partial charge on any atom is 0.123 e. The normalized spacial score (nSPS) is 18.6. The van der Waals surface area contributed by atoms with Crippen LogP contribution in [0.2, 0.25) is 0 Å². The number of hydrogen-bond donors (Lipinski definition) is 5. The van der Waals surface area contributed by atoms with Crippen LogP contribution in [-0.4, -0.2) is 86.6 Å². The van der Waals surface area contributed by atoms with Crippen LogP contribution in [0.15, 0.2) is 218 Å². The lowest BCUT2D eigenvalue weighted by molar-refractivity contribution is 0.577. The Morgan fingerprint density at radius 2 is 0.661 bits per heavy atom. The van der Waals surface area contributed by atoms with E-state index in [1.165, 1.54) is 201 Å². The minimum Gasteiger partial charge on any atom is -0.399 e. The lowest BCUT2D eigenvalue weighted by Gasteiger charge is -2.47. The second-order valence-corrected chi connectivity index (χ2v) is 34.8. The van der Waals surface area contributed by atoms with Crippen molar-refractivity contribution in [3.05, 3.63) is 308 Å². The molecule has 0 aliphatic carbocycles. The number of hydrogen-bond acceptors (Lipinski definition) is 13. The molecule has 618 valence electrons. The minimum absolute atomic E-state index is 0.0241. The van der Waals surface area contributed by atoms with Crippen LogP contribution in [0.1, 0.15) is 162 Å². The molecule has 0 saturated carbocycles. The zero-order chi connectivity index (χ0) is 82.8. The number of nitrogens with two attached hydrogens (primary N) is 5. The van der Waals surface area contributed by atoms with Crippen LogP contribution in [0.3, 0.4) is 0 Å². The Morgan fingerprint density at radius 3 is 1.13 bits per heavy atom. The van der Waals surface area contributed by atoms with Crippen molar-refractivity contribution in [3.8, 4) is 44.5 Å². The number of nitrogen functional groups attached to an aromatic ring is 4. The molecule has 2 fully saturated rings. The van der Waals surface area contributed by atoms with Crippen LogP contribution in [0.5, 0.6) is 0 Å². The summed E-state index contributed by atoms with van der Waals surface area (Å²) in [6.07, 6.45) is 18.2. The highest BCUT2D eigenvalue weighted by atomic mass is 19.1. The van der Waals surface area contributed by atoms with Crippen molar-refractivity contribution in [2.75, 3.05) is 149 Å². The third-order valence-electron chi connectivity index (χ3n) is 27.3. The zero-order valence-corrected chi connectivity index (χ0v) is 69.7. The van der Waals surface area contributed by atoms with Crippen molar-refractivity contribution in [2.45, 2.75) is 120 Å². The fourth-order valence-electron chi connectivity index (χ4n) is 21.8. The first-order chi connectivity index (χ1) is 59.0. The van der Waals surface area contributed by atoms with Crippen molar-refractivity contribution in [3.63, 3.8) is 0 Å². The Hall–Kier alpha value is -12.1. The number of fused-ring (bicyclic) bond motifs is 14. The van der Waals surface area contributed by atoms with E-state index < -0.39 is 0 Å². The molecular formula is C104H109F4N13. The van der Waals surface area contributed by atoms with Crippen molar-refractivity contribution in [1.82, 2.24) is 0 Å². The van der Waals surface area contributed by atoms with Gasteiger partial charge in [0.05, 0.1) is 29.9 Å². The second kappa shape index (κ2) is 33.1. The van der Waals surface area contributed by atoms with Gasteiger partial charge in [-0.3, -0.25) is 0 Å². The molecule has 0 aromatic heterocycles. The zero-order valence-electron chi connectivity index (χ0n) is 69.7. The Kier molecular flexibility index (Phi) is 21.6. The van der Waals surface area contributed by atoms with Gasteiger partial charge in [-0.2, -0.15) is 0 Å². The Balaban J connectivity index is 0.000000109. The molecule has 2 saturated heterocycles. The largest absolute Gasteiger partial charge is 0.399 e. The van der Waals surface area contributed by atoms with E-state index in [0.29, 0.717) is 17.9 Å². The van der Waals surface area contributed by atoms with Crippen molar-refractivity contribution in [1.29, 1.82) is 0 Å². The molecular weight excluding hydrogens is 1500 g/mol. The highest BCUT2D eigenvalue weighted by molar-refractivity contribution is 5.96. The van der Waals surface area contributed by atoms with E-state index >= 15 is 0 Å². The van der Waals surface area contributed by atoms with Gasteiger partial charge in [0, 0.05) is 165 Å². The number of nitrogens with zero attached hydrogens (tertiary/aromatic N) is 8. The molecule has 4 unspecified atom stereocenters. The molecule has 0 bridgehead atoms. The van der Waals surface area contributed by atoms with Gasteiger partial charge in [0.15, 0.2) is 0 Å². The molecule has 0 spiro atoms. The van der Waals surface area contributed by atoms with E-state index in [1.807, 2.05) is 135 Å². The van der Waals surface area contributed by atoms with Gasteiger partial charge in [0.2, 0.25) is 0 Å². The molecule has 10 aliphatic rings. The summed E-state index contributed by atoms with van der Waals surface area (Å²) < 4.78 is 54.8. The van der Waals surface area contributed by atoms with E-state index in [0.717, 1.165) is 125 Å². The summed E-state index contributed by atoms with van der Waals surface area (Å²) >= 11 is 0. The summed E-state index contributed by atoms with van der Waals surface area (Å²) in [6.45, 7) is 10.7. The smallest absolute Gasteiger partial charge is 0.123 e. The van der Waals surface area contributed by atoms with Gasteiger partial charge in [-0.05, 0) is 325 Å². The number of piperidine rings is 2. The number of rotatable bonds is 9. The predicted octanol–water partition coefficient (Wildman–Crippen LogP) is 21.6. The lowest BCUT2D eigenvalue weighted by Crippen LogP contribution is -2.39. The van der Waals surface area contributed by atoms with Crippen LogP contribution in [-0.2, 0) is 25.7 Å². The van der Waals surface area contributed by atoms with E-state index in [-0.39, 0.29) is 47.4 Å². The molecule has 12 aromatic carbocycles. The molecule has 10 N–H and O–H groups in total. The Bertz CT molecular complexity index is 5700. The first-order valence-corrected chi connectivity index (χ1v) is 43.9. The maximum atomic E-state index is 14.0. The lowest BCUT2D eigenvalue weighted by atomic mass is 9.75. The van der Waals surface area contributed by atoms with Gasteiger partial charge in [0.1, 0.15) is 23.3 Å². The van der Waals surface area contributed by atoms with Crippen LogP contribution >= 0.6 is 0 Å². The number of anilines is 12. The summed E-state index contributed by atoms with van der Waals surface area (Å²) in [7, 11) is 6.35. The van der Waals surface area contributed by atoms with E-state index in [9.17, 15) is 17.6 Å². The monoisotopic (exact) mass is 1610 g/mol. The summed E-state index contributed by atoms with van der Waals surface area (Å²) in [4.78, 5) is 19.8. The van der Waals surface area contributed by atoms with E-state index in [1.54, 1.807) is 46.5 Å². The molecule has 0 radical (unpaired) electrons. The minimum atomic E-state index is -0.241. The number of halogens is 4. The first-order valence-electron chi connectivity index (χ1n) is 43.9. The van der Waals surface area contributed by atoms with E-state index in [2.05, 4.69) is 94.8 Å². The molecule has 12 aromatic rings.